The summed E-state index contributed by atoms with van der Waals surface area (Å²) in [5, 5.41) is 10.6. The second kappa shape index (κ2) is 7.03. The molecule has 2 N–H and O–H groups in total. The minimum atomic E-state index is 0.409. The number of nitrogens with one attached hydrogen (secondary N) is 2. The molecule has 21 heavy (non-hydrogen) atoms. The first-order valence-corrected chi connectivity index (χ1v) is 6.98. The molecule has 0 aliphatic heterocycles. The zero-order valence-electron chi connectivity index (χ0n) is 13.0. The van der Waals surface area contributed by atoms with Gasteiger partial charge in [0.05, 0.1) is 6.20 Å². The molecule has 0 spiro atoms. The minimum absolute atomic E-state index is 0.409. The molecule has 0 radical (unpaired) electrons. The van der Waals surface area contributed by atoms with E-state index in [4.69, 9.17) is 4.74 Å². The molecule has 7 nitrogen and oxygen atoms in total. The smallest absolute Gasteiger partial charge is 0.158 e. The lowest BCUT2D eigenvalue weighted by molar-refractivity contribution is 0.128. The first-order valence-electron chi connectivity index (χ1n) is 6.98. The van der Waals surface area contributed by atoms with Gasteiger partial charge >= 0.3 is 0 Å². The molecule has 0 aliphatic rings. The molecule has 0 saturated carbocycles. The van der Waals surface area contributed by atoms with Crippen molar-refractivity contribution in [2.24, 2.45) is 7.05 Å². The molecule has 114 valence electrons. The van der Waals surface area contributed by atoms with Crippen molar-refractivity contribution in [2.45, 2.75) is 27.0 Å². The van der Waals surface area contributed by atoms with Crippen LogP contribution in [0.3, 0.4) is 0 Å². The van der Waals surface area contributed by atoms with Gasteiger partial charge in [-0.3, -0.25) is 4.68 Å². The molecule has 0 saturated heterocycles. The van der Waals surface area contributed by atoms with E-state index in [0.717, 1.165) is 22.9 Å². The molecule has 2 aromatic heterocycles. The number of ether oxygens (including phenoxy) is 1. The van der Waals surface area contributed by atoms with Gasteiger partial charge in [0, 0.05) is 44.6 Å². The van der Waals surface area contributed by atoms with E-state index in [1.54, 1.807) is 0 Å². The van der Waals surface area contributed by atoms with E-state index < -0.39 is 0 Å². The van der Waals surface area contributed by atoms with Crippen molar-refractivity contribution in [3.05, 3.63) is 29.3 Å². The zero-order chi connectivity index (χ0) is 15.2. The minimum Gasteiger partial charge on any atom is -0.374 e. The second-order valence-electron chi connectivity index (χ2n) is 4.67. The summed E-state index contributed by atoms with van der Waals surface area (Å²) in [7, 11) is 3.77. The lowest BCUT2D eigenvalue weighted by Gasteiger charge is -2.10. The van der Waals surface area contributed by atoms with Crippen LogP contribution >= 0.6 is 0 Å². The predicted octanol–water partition coefficient (Wildman–Crippen LogP) is 1.71. The summed E-state index contributed by atoms with van der Waals surface area (Å²) in [6, 6.07) is 1.88. The van der Waals surface area contributed by atoms with Crippen molar-refractivity contribution >= 4 is 11.6 Å². The van der Waals surface area contributed by atoms with Crippen LogP contribution in [0.15, 0.2) is 12.3 Å². The standard InChI is InChI=1S/C14H22N6O/c1-5-21-9-14-18-12(15-3)6-13(19-14)16-7-11-8-17-20(4)10(11)2/h6,8H,5,7,9H2,1-4H3,(H2,15,16,18,19). The number of aromatic nitrogens is 4. The summed E-state index contributed by atoms with van der Waals surface area (Å²) < 4.78 is 7.22. The maximum atomic E-state index is 5.37. The zero-order valence-corrected chi connectivity index (χ0v) is 13.0. The predicted molar refractivity (Wildman–Crippen MR) is 82.2 cm³/mol. The molecular formula is C14H22N6O. The Bertz CT molecular complexity index is 595. The highest BCUT2D eigenvalue weighted by molar-refractivity contribution is 5.47. The van der Waals surface area contributed by atoms with Crippen LogP contribution in [0.5, 0.6) is 0 Å². The van der Waals surface area contributed by atoms with E-state index in [9.17, 15) is 0 Å². The molecule has 0 bridgehead atoms. The van der Waals surface area contributed by atoms with Crippen molar-refractivity contribution in [2.75, 3.05) is 24.3 Å². The topological polar surface area (TPSA) is 76.9 Å². The van der Waals surface area contributed by atoms with Gasteiger partial charge in [-0.05, 0) is 13.8 Å². The Morgan fingerprint density at radius 3 is 2.67 bits per heavy atom. The SMILES string of the molecule is CCOCc1nc(NC)cc(NCc2cnn(C)c2C)n1. The third kappa shape index (κ3) is 3.91. The maximum Gasteiger partial charge on any atom is 0.158 e. The number of nitrogens with zero attached hydrogens (tertiary/aromatic N) is 4. The van der Waals surface area contributed by atoms with Crippen LogP contribution in [-0.4, -0.2) is 33.4 Å². The Morgan fingerprint density at radius 2 is 2.05 bits per heavy atom. The summed E-state index contributed by atoms with van der Waals surface area (Å²) in [5.74, 6) is 2.20. The molecule has 0 unspecified atom stereocenters. The second-order valence-corrected chi connectivity index (χ2v) is 4.67. The number of anilines is 2. The van der Waals surface area contributed by atoms with Gasteiger partial charge in [0.25, 0.3) is 0 Å². The third-order valence-electron chi connectivity index (χ3n) is 3.26. The van der Waals surface area contributed by atoms with E-state index in [1.807, 2.05) is 44.9 Å². The fourth-order valence-corrected chi connectivity index (χ4v) is 1.88. The highest BCUT2D eigenvalue weighted by Gasteiger charge is 2.07. The van der Waals surface area contributed by atoms with Crippen molar-refractivity contribution in [1.82, 2.24) is 19.7 Å². The Labute approximate surface area is 124 Å². The number of hydrogen-bond acceptors (Lipinski definition) is 6. The van der Waals surface area contributed by atoms with Crippen LogP contribution < -0.4 is 10.6 Å². The molecule has 0 aromatic carbocycles. The van der Waals surface area contributed by atoms with Gasteiger partial charge in [-0.2, -0.15) is 5.10 Å². The Hall–Kier alpha value is -2.15. The van der Waals surface area contributed by atoms with Crippen molar-refractivity contribution in [3.8, 4) is 0 Å². The molecule has 2 heterocycles. The Balaban J connectivity index is 2.09. The van der Waals surface area contributed by atoms with E-state index in [2.05, 4.69) is 25.7 Å². The molecule has 0 amide bonds. The normalized spacial score (nSPS) is 10.7. The van der Waals surface area contributed by atoms with Crippen molar-refractivity contribution < 1.29 is 4.74 Å². The molecule has 0 atom stereocenters. The first-order chi connectivity index (χ1) is 10.1. The average molecular weight is 290 g/mol. The van der Waals surface area contributed by atoms with E-state index in [1.165, 1.54) is 0 Å². The monoisotopic (exact) mass is 290 g/mol. The van der Waals surface area contributed by atoms with Gasteiger partial charge in [0.15, 0.2) is 5.82 Å². The summed E-state index contributed by atoms with van der Waals surface area (Å²) >= 11 is 0. The number of rotatable bonds is 7. The summed E-state index contributed by atoms with van der Waals surface area (Å²) in [6.07, 6.45) is 1.86. The van der Waals surface area contributed by atoms with Gasteiger partial charge in [0.1, 0.15) is 18.2 Å². The van der Waals surface area contributed by atoms with Crippen molar-refractivity contribution in [1.29, 1.82) is 0 Å². The quantitative estimate of drug-likeness (QED) is 0.808. The average Bonchev–Trinajstić information content (AvgIpc) is 2.82. The third-order valence-corrected chi connectivity index (χ3v) is 3.26. The Kier molecular flexibility index (Phi) is 5.10. The molecular weight excluding hydrogens is 268 g/mol. The maximum absolute atomic E-state index is 5.37. The van der Waals surface area contributed by atoms with Gasteiger partial charge in [-0.1, -0.05) is 0 Å². The fraction of sp³-hybridized carbons (Fsp3) is 0.500. The summed E-state index contributed by atoms with van der Waals surface area (Å²) in [5.41, 5.74) is 2.29. The van der Waals surface area contributed by atoms with Crippen LogP contribution in [0, 0.1) is 6.92 Å². The highest BCUT2D eigenvalue weighted by atomic mass is 16.5. The van der Waals surface area contributed by atoms with Crippen LogP contribution in [0.4, 0.5) is 11.6 Å². The summed E-state index contributed by atoms with van der Waals surface area (Å²) in [6.45, 7) is 5.72. The lowest BCUT2D eigenvalue weighted by Crippen LogP contribution is -2.08. The van der Waals surface area contributed by atoms with Crippen LogP contribution in [0.1, 0.15) is 24.0 Å². The van der Waals surface area contributed by atoms with Crippen molar-refractivity contribution in [3.63, 3.8) is 0 Å². The van der Waals surface area contributed by atoms with Gasteiger partial charge in [0.2, 0.25) is 0 Å². The molecule has 0 aliphatic carbocycles. The van der Waals surface area contributed by atoms with Gasteiger partial charge in [-0.15, -0.1) is 0 Å². The van der Waals surface area contributed by atoms with E-state index in [0.29, 0.717) is 25.6 Å². The fourth-order valence-electron chi connectivity index (χ4n) is 1.88. The van der Waals surface area contributed by atoms with E-state index >= 15 is 0 Å². The van der Waals surface area contributed by atoms with Gasteiger partial charge < -0.3 is 15.4 Å². The van der Waals surface area contributed by atoms with E-state index in [-0.39, 0.29) is 0 Å². The van der Waals surface area contributed by atoms with Crippen LogP contribution in [0.25, 0.3) is 0 Å². The molecule has 7 heteroatoms. The molecule has 0 fully saturated rings. The molecule has 2 aromatic rings. The van der Waals surface area contributed by atoms with Crippen LogP contribution in [-0.2, 0) is 24.9 Å². The number of aryl methyl sites for hydroxylation is 1. The molecule has 2 rings (SSSR count). The Morgan fingerprint density at radius 1 is 1.29 bits per heavy atom. The first kappa shape index (κ1) is 15.2. The lowest BCUT2D eigenvalue weighted by atomic mass is 10.2. The highest BCUT2D eigenvalue weighted by Crippen LogP contribution is 2.14. The van der Waals surface area contributed by atoms with Crippen LogP contribution in [0.2, 0.25) is 0 Å². The largest absolute Gasteiger partial charge is 0.374 e. The van der Waals surface area contributed by atoms with Gasteiger partial charge in [-0.25, -0.2) is 9.97 Å². The number of hydrogen-bond donors (Lipinski definition) is 2. The summed E-state index contributed by atoms with van der Waals surface area (Å²) in [4.78, 5) is 8.82.